The quantitative estimate of drug-likeness (QED) is 0.267. The lowest BCUT2D eigenvalue weighted by Crippen LogP contribution is -2.58. The second-order valence-electron chi connectivity index (χ2n) is 7.28. The highest BCUT2D eigenvalue weighted by Crippen LogP contribution is 2.13. The number of nitrogens with zero attached hydrogens (tertiary/aromatic N) is 1. The van der Waals surface area contributed by atoms with Crippen LogP contribution in [-0.4, -0.2) is 61.0 Å². The van der Waals surface area contributed by atoms with Crippen LogP contribution in [0.15, 0.2) is 0 Å². The van der Waals surface area contributed by atoms with Crippen LogP contribution in [0.3, 0.4) is 0 Å². The Kier molecular flexibility index (Phi) is 12.7. The third-order valence-corrected chi connectivity index (χ3v) is 4.87. The van der Waals surface area contributed by atoms with E-state index in [1.807, 2.05) is 0 Å². The highest BCUT2D eigenvalue weighted by Gasteiger charge is 2.35. The summed E-state index contributed by atoms with van der Waals surface area (Å²) in [6.07, 6.45) is 8.53. The number of hydrogen-bond donors (Lipinski definition) is 1. The molecule has 1 aliphatic rings. The maximum Gasteiger partial charge on any atom is 0.315 e. The molecule has 1 unspecified atom stereocenters. The van der Waals surface area contributed by atoms with Crippen LogP contribution in [0.1, 0.15) is 78.1 Å². The Labute approximate surface area is 173 Å². The molecule has 1 heterocycles. The van der Waals surface area contributed by atoms with E-state index in [0.717, 1.165) is 19.3 Å². The number of rotatable bonds is 14. The second-order valence-corrected chi connectivity index (χ2v) is 7.28. The summed E-state index contributed by atoms with van der Waals surface area (Å²) in [5.74, 6) is -2.07. The van der Waals surface area contributed by atoms with Gasteiger partial charge in [-0.25, -0.2) is 0 Å². The lowest BCUT2D eigenvalue weighted by molar-refractivity contribution is -0.155. The minimum Gasteiger partial charge on any atom is -0.466 e. The highest BCUT2D eigenvalue weighted by molar-refractivity contribution is 5.98. The molecule has 1 fully saturated rings. The molecule has 0 radical (unpaired) electrons. The van der Waals surface area contributed by atoms with Crippen molar-refractivity contribution in [2.45, 2.75) is 84.1 Å². The van der Waals surface area contributed by atoms with E-state index in [2.05, 4.69) is 12.2 Å². The summed E-state index contributed by atoms with van der Waals surface area (Å²) in [6, 6.07) is -0.947. The molecule has 1 atom stereocenters. The average molecular weight is 413 g/mol. The van der Waals surface area contributed by atoms with Crippen LogP contribution in [0.4, 0.5) is 0 Å². The first kappa shape index (κ1) is 24.9. The van der Waals surface area contributed by atoms with Gasteiger partial charge in [0.25, 0.3) is 0 Å². The number of amides is 2. The van der Waals surface area contributed by atoms with Gasteiger partial charge in [-0.2, -0.15) is 0 Å². The van der Waals surface area contributed by atoms with Gasteiger partial charge in [-0.1, -0.05) is 51.9 Å². The molecule has 0 spiro atoms. The summed E-state index contributed by atoms with van der Waals surface area (Å²) in [4.78, 5) is 49.4. The third kappa shape index (κ3) is 10.3. The molecule has 1 rings (SSSR count). The van der Waals surface area contributed by atoms with Crippen molar-refractivity contribution in [3.8, 4) is 0 Å². The standard InChI is InChI=1S/C21H36N2O6/c1-3-5-6-7-8-9-10-11-14-29-19(25)15-17-21(27)22-12-13-23(17)18(24)16-20(26)28-4-2/h17H,3-16H2,1-2H3,(H,22,27). The maximum absolute atomic E-state index is 12.3. The number of hydrogen-bond acceptors (Lipinski definition) is 6. The zero-order valence-electron chi connectivity index (χ0n) is 17.9. The first-order valence-electron chi connectivity index (χ1n) is 10.9. The number of unbranched alkanes of at least 4 members (excludes halogenated alkanes) is 7. The van der Waals surface area contributed by atoms with E-state index in [1.54, 1.807) is 6.92 Å². The van der Waals surface area contributed by atoms with Crippen molar-refractivity contribution in [1.29, 1.82) is 0 Å². The zero-order chi connectivity index (χ0) is 21.5. The minimum absolute atomic E-state index is 0.182. The van der Waals surface area contributed by atoms with E-state index in [9.17, 15) is 19.2 Å². The predicted molar refractivity (Wildman–Crippen MR) is 108 cm³/mol. The van der Waals surface area contributed by atoms with Gasteiger partial charge in [0.05, 0.1) is 19.6 Å². The summed E-state index contributed by atoms with van der Waals surface area (Å²) < 4.78 is 10.0. The third-order valence-electron chi connectivity index (χ3n) is 4.87. The van der Waals surface area contributed by atoms with E-state index in [1.165, 1.54) is 37.0 Å². The lowest BCUT2D eigenvalue weighted by Gasteiger charge is -2.34. The van der Waals surface area contributed by atoms with E-state index in [4.69, 9.17) is 9.47 Å². The van der Waals surface area contributed by atoms with E-state index >= 15 is 0 Å². The van der Waals surface area contributed by atoms with Gasteiger partial charge in [-0.15, -0.1) is 0 Å². The van der Waals surface area contributed by atoms with Crippen LogP contribution >= 0.6 is 0 Å². The second kappa shape index (κ2) is 14.8. The van der Waals surface area contributed by atoms with Crippen LogP contribution in [0, 0.1) is 0 Å². The van der Waals surface area contributed by atoms with Crippen molar-refractivity contribution in [3.05, 3.63) is 0 Å². The maximum atomic E-state index is 12.3. The molecule has 0 aromatic rings. The van der Waals surface area contributed by atoms with Crippen LogP contribution in [0.2, 0.25) is 0 Å². The molecule has 29 heavy (non-hydrogen) atoms. The highest BCUT2D eigenvalue weighted by atomic mass is 16.5. The van der Waals surface area contributed by atoms with Crippen molar-refractivity contribution in [3.63, 3.8) is 0 Å². The molecule has 0 aliphatic carbocycles. The first-order valence-corrected chi connectivity index (χ1v) is 10.9. The van der Waals surface area contributed by atoms with Crippen LogP contribution in [0.25, 0.3) is 0 Å². The molecule has 8 nitrogen and oxygen atoms in total. The number of nitrogens with one attached hydrogen (secondary N) is 1. The minimum atomic E-state index is -0.947. The van der Waals surface area contributed by atoms with Crippen LogP contribution < -0.4 is 5.32 Å². The summed E-state index contributed by atoms with van der Waals surface area (Å²) >= 11 is 0. The Bertz CT molecular complexity index is 537. The molecule has 1 saturated heterocycles. The molecule has 166 valence electrons. The summed E-state index contributed by atoms with van der Waals surface area (Å²) in [5.41, 5.74) is 0. The molecule has 2 amide bonds. The molecule has 8 heteroatoms. The smallest absolute Gasteiger partial charge is 0.315 e. The fraction of sp³-hybridized carbons (Fsp3) is 0.810. The predicted octanol–water partition coefficient (Wildman–Crippen LogP) is 2.34. The summed E-state index contributed by atoms with van der Waals surface area (Å²) in [5, 5.41) is 2.65. The molecule has 0 saturated carbocycles. The van der Waals surface area contributed by atoms with Crippen LogP contribution in [0.5, 0.6) is 0 Å². The molecule has 1 N–H and O–H groups in total. The Balaban J connectivity index is 2.33. The average Bonchev–Trinajstić information content (AvgIpc) is 2.68. The summed E-state index contributed by atoms with van der Waals surface area (Å²) in [6.45, 7) is 4.89. The number of piperazine rings is 1. The number of ether oxygens (including phenoxy) is 2. The molecule has 0 aromatic heterocycles. The largest absolute Gasteiger partial charge is 0.466 e. The Hall–Kier alpha value is -2.12. The van der Waals surface area contributed by atoms with Gasteiger partial charge in [0, 0.05) is 13.1 Å². The Morgan fingerprint density at radius 1 is 0.966 bits per heavy atom. The van der Waals surface area contributed by atoms with Crippen molar-refractivity contribution in [2.24, 2.45) is 0 Å². The molecule has 0 aromatic carbocycles. The monoisotopic (exact) mass is 412 g/mol. The molecular formula is C21H36N2O6. The van der Waals surface area contributed by atoms with Gasteiger partial charge in [-0.05, 0) is 13.3 Å². The number of esters is 2. The van der Waals surface area contributed by atoms with Gasteiger partial charge in [0.1, 0.15) is 12.5 Å². The molecule has 1 aliphatic heterocycles. The van der Waals surface area contributed by atoms with E-state index in [0.29, 0.717) is 6.61 Å². The van der Waals surface area contributed by atoms with E-state index < -0.39 is 36.2 Å². The summed E-state index contributed by atoms with van der Waals surface area (Å²) in [7, 11) is 0. The fourth-order valence-electron chi connectivity index (χ4n) is 3.29. The normalized spacial score (nSPS) is 16.3. The molecular weight excluding hydrogens is 376 g/mol. The van der Waals surface area contributed by atoms with Crippen molar-refractivity contribution in [1.82, 2.24) is 10.2 Å². The fourth-order valence-corrected chi connectivity index (χ4v) is 3.29. The van der Waals surface area contributed by atoms with Crippen molar-refractivity contribution in [2.75, 3.05) is 26.3 Å². The van der Waals surface area contributed by atoms with Crippen molar-refractivity contribution < 1.29 is 28.7 Å². The molecule has 0 bridgehead atoms. The van der Waals surface area contributed by atoms with Gasteiger partial charge < -0.3 is 19.7 Å². The van der Waals surface area contributed by atoms with E-state index in [-0.39, 0.29) is 26.1 Å². The van der Waals surface area contributed by atoms with Gasteiger partial charge in [0.2, 0.25) is 11.8 Å². The van der Waals surface area contributed by atoms with Gasteiger partial charge in [-0.3, -0.25) is 19.2 Å². The van der Waals surface area contributed by atoms with Gasteiger partial charge >= 0.3 is 11.9 Å². The SMILES string of the molecule is CCCCCCCCCCOC(=O)CC1C(=O)NCCN1C(=O)CC(=O)OCC. The van der Waals surface area contributed by atoms with Crippen molar-refractivity contribution >= 4 is 23.8 Å². The number of carbonyl (C=O) groups is 4. The zero-order valence-corrected chi connectivity index (χ0v) is 17.9. The first-order chi connectivity index (χ1) is 14.0. The lowest BCUT2D eigenvalue weighted by atomic mass is 10.1. The van der Waals surface area contributed by atoms with Crippen LogP contribution in [-0.2, 0) is 28.7 Å². The Morgan fingerprint density at radius 3 is 2.28 bits per heavy atom. The Morgan fingerprint density at radius 2 is 1.62 bits per heavy atom. The topological polar surface area (TPSA) is 102 Å². The van der Waals surface area contributed by atoms with Gasteiger partial charge in [0.15, 0.2) is 0 Å². The number of carbonyl (C=O) groups excluding carboxylic acids is 4.